The normalized spacial score (nSPS) is 20.5. The van der Waals surface area contributed by atoms with Crippen LogP contribution in [0.4, 0.5) is 0 Å². The minimum Gasteiger partial charge on any atom is -0.495 e. The molecule has 0 bridgehead atoms. The highest BCUT2D eigenvalue weighted by Crippen LogP contribution is 2.29. The molecule has 0 radical (unpaired) electrons. The maximum absolute atomic E-state index is 13.2. The molecule has 34 heavy (non-hydrogen) atoms. The maximum Gasteiger partial charge on any atom is 0.246 e. The third-order valence-corrected chi connectivity index (χ3v) is 8.63. The van der Waals surface area contributed by atoms with Crippen LogP contribution in [0.15, 0.2) is 23.1 Å². The van der Waals surface area contributed by atoms with Crippen LogP contribution in [-0.2, 0) is 30.8 Å². The number of carbonyl (C=O) groups is 2. The fraction of sp³-hybridized carbons (Fsp3) is 0.652. The Kier molecular flexibility index (Phi) is 8.07. The number of ether oxygens (including phenoxy) is 2. The maximum atomic E-state index is 13.2. The van der Waals surface area contributed by atoms with Crippen molar-refractivity contribution in [2.24, 2.45) is 0 Å². The van der Waals surface area contributed by atoms with Crippen molar-refractivity contribution in [1.29, 1.82) is 0 Å². The topological polar surface area (TPSA) is 99.7 Å². The van der Waals surface area contributed by atoms with Crippen molar-refractivity contribution in [2.45, 2.75) is 24.2 Å². The van der Waals surface area contributed by atoms with Gasteiger partial charge in [0.15, 0.2) is 0 Å². The summed E-state index contributed by atoms with van der Waals surface area (Å²) in [5.74, 6) is 0.383. The summed E-state index contributed by atoms with van der Waals surface area (Å²) in [4.78, 5) is 31.2. The van der Waals surface area contributed by atoms with Gasteiger partial charge in [-0.15, -0.1) is 0 Å². The van der Waals surface area contributed by atoms with Gasteiger partial charge in [-0.05, 0) is 30.5 Å². The number of likely N-dealkylation sites (tertiary alicyclic amines) is 1. The van der Waals surface area contributed by atoms with Gasteiger partial charge in [0, 0.05) is 52.4 Å². The number of carbonyl (C=O) groups excluding carboxylic acids is 2. The van der Waals surface area contributed by atoms with Crippen LogP contribution in [0.2, 0.25) is 0 Å². The number of benzene rings is 1. The fourth-order valence-electron chi connectivity index (χ4n) is 4.66. The Bertz CT molecular complexity index is 981. The molecule has 10 nitrogen and oxygen atoms in total. The Hall–Kier alpha value is -2.21. The van der Waals surface area contributed by atoms with Crippen LogP contribution in [-0.4, -0.2) is 118 Å². The predicted octanol–water partition coefficient (Wildman–Crippen LogP) is 0.0252. The first-order valence-corrected chi connectivity index (χ1v) is 13.4. The summed E-state index contributed by atoms with van der Waals surface area (Å²) < 4.78 is 38.3. The van der Waals surface area contributed by atoms with Gasteiger partial charge in [-0.1, -0.05) is 6.07 Å². The van der Waals surface area contributed by atoms with Crippen molar-refractivity contribution in [3.8, 4) is 5.75 Å². The molecule has 3 saturated heterocycles. The monoisotopic (exact) mass is 494 g/mol. The van der Waals surface area contributed by atoms with Crippen molar-refractivity contribution in [3.05, 3.63) is 23.8 Å². The zero-order valence-electron chi connectivity index (χ0n) is 19.8. The molecule has 1 aromatic rings. The second kappa shape index (κ2) is 11.0. The molecule has 3 aliphatic rings. The molecule has 11 heteroatoms. The second-order valence-corrected chi connectivity index (χ2v) is 10.8. The quantitative estimate of drug-likeness (QED) is 0.527. The molecule has 3 fully saturated rings. The Morgan fingerprint density at radius 2 is 1.56 bits per heavy atom. The van der Waals surface area contributed by atoms with Crippen LogP contribution < -0.4 is 4.74 Å². The first-order chi connectivity index (χ1) is 16.4. The lowest BCUT2D eigenvalue weighted by molar-refractivity contribution is -0.134. The van der Waals surface area contributed by atoms with Gasteiger partial charge in [0.1, 0.15) is 10.6 Å². The first-order valence-electron chi connectivity index (χ1n) is 11.9. The second-order valence-electron chi connectivity index (χ2n) is 8.92. The average molecular weight is 495 g/mol. The van der Waals surface area contributed by atoms with Crippen LogP contribution in [0.5, 0.6) is 5.75 Å². The highest BCUT2D eigenvalue weighted by atomic mass is 32.2. The van der Waals surface area contributed by atoms with Crippen LogP contribution in [0.25, 0.3) is 0 Å². The average Bonchev–Trinajstić information content (AvgIpc) is 3.40. The SMILES string of the molecule is COc1ccc(CC(=O)N2CCN(CC(=O)N3CCCC3)CC2)cc1S(=O)(=O)N1CCOCC1. The first kappa shape index (κ1) is 24.9. The van der Waals surface area contributed by atoms with E-state index in [4.69, 9.17) is 9.47 Å². The van der Waals surface area contributed by atoms with Crippen molar-refractivity contribution < 1.29 is 27.5 Å². The number of methoxy groups -OCH3 is 1. The molecule has 0 saturated carbocycles. The summed E-state index contributed by atoms with van der Waals surface area (Å²) in [6.07, 6.45) is 2.27. The highest BCUT2D eigenvalue weighted by Gasteiger charge is 2.30. The number of amides is 2. The van der Waals surface area contributed by atoms with Crippen LogP contribution in [0.3, 0.4) is 0 Å². The van der Waals surface area contributed by atoms with E-state index in [0.29, 0.717) is 64.6 Å². The third-order valence-electron chi connectivity index (χ3n) is 6.71. The molecule has 3 aliphatic heterocycles. The summed E-state index contributed by atoms with van der Waals surface area (Å²) >= 11 is 0. The molecular formula is C23H34N4O6S. The Morgan fingerprint density at radius 1 is 0.912 bits per heavy atom. The number of nitrogens with zero attached hydrogens (tertiary/aromatic N) is 4. The largest absolute Gasteiger partial charge is 0.495 e. The van der Waals surface area contributed by atoms with E-state index in [1.54, 1.807) is 23.1 Å². The molecule has 1 aromatic carbocycles. The molecule has 0 aliphatic carbocycles. The summed E-state index contributed by atoms with van der Waals surface area (Å²) in [6.45, 7) is 5.83. The standard InChI is InChI=1S/C23H34N4O6S/c1-32-20-5-4-19(16-21(20)34(30,31)27-12-14-33-15-13-27)17-22(28)26-10-8-24(9-11-26)18-23(29)25-6-2-3-7-25/h4-5,16H,2-3,6-15,17-18H2,1H3. The number of hydrogen-bond acceptors (Lipinski definition) is 7. The summed E-state index contributed by atoms with van der Waals surface area (Å²) in [5, 5.41) is 0. The number of sulfonamides is 1. The molecular weight excluding hydrogens is 460 g/mol. The van der Waals surface area contributed by atoms with E-state index >= 15 is 0 Å². The summed E-state index contributed by atoms with van der Waals surface area (Å²) in [6, 6.07) is 4.89. The number of rotatable bonds is 7. The van der Waals surface area contributed by atoms with Gasteiger partial charge in [0.05, 0.1) is 33.3 Å². The Labute approximate surface area is 201 Å². The molecule has 0 unspecified atom stereocenters. The van der Waals surface area contributed by atoms with Crippen molar-refractivity contribution in [1.82, 2.24) is 19.0 Å². The van der Waals surface area contributed by atoms with Crippen LogP contribution in [0, 0.1) is 0 Å². The molecule has 0 spiro atoms. The number of piperazine rings is 1. The van der Waals surface area contributed by atoms with Gasteiger partial charge in [0.25, 0.3) is 0 Å². The minimum atomic E-state index is -3.75. The summed E-state index contributed by atoms with van der Waals surface area (Å²) in [7, 11) is -2.32. The summed E-state index contributed by atoms with van der Waals surface area (Å²) in [5.41, 5.74) is 0.629. The molecule has 0 atom stereocenters. The Morgan fingerprint density at radius 3 is 2.21 bits per heavy atom. The van der Waals surface area contributed by atoms with Gasteiger partial charge < -0.3 is 19.3 Å². The van der Waals surface area contributed by atoms with E-state index in [1.807, 2.05) is 4.90 Å². The van der Waals surface area contributed by atoms with E-state index in [2.05, 4.69) is 4.90 Å². The van der Waals surface area contributed by atoms with Crippen molar-refractivity contribution in [2.75, 3.05) is 79.2 Å². The molecule has 0 N–H and O–H groups in total. The van der Waals surface area contributed by atoms with Gasteiger partial charge in [-0.25, -0.2) is 8.42 Å². The highest BCUT2D eigenvalue weighted by molar-refractivity contribution is 7.89. The molecule has 4 rings (SSSR count). The number of morpholine rings is 1. The van der Waals surface area contributed by atoms with E-state index in [9.17, 15) is 18.0 Å². The zero-order valence-corrected chi connectivity index (χ0v) is 20.6. The van der Waals surface area contributed by atoms with Gasteiger partial charge in [-0.2, -0.15) is 4.31 Å². The van der Waals surface area contributed by atoms with E-state index in [-0.39, 0.29) is 28.9 Å². The zero-order chi connectivity index (χ0) is 24.1. The van der Waals surface area contributed by atoms with Crippen LogP contribution >= 0.6 is 0 Å². The lowest BCUT2D eigenvalue weighted by Crippen LogP contribution is -2.51. The molecule has 2 amide bonds. The van der Waals surface area contributed by atoms with Crippen molar-refractivity contribution >= 4 is 21.8 Å². The van der Waals surface area contributed by atoms with Crippen molar-refractivity contribution in [3.63, 3.8) is 0 Å². The third kappa shape index (κ3) is 5.70. The van der Waals surface area contributed by atoms with E-state index in [0.717, 1.165) is 25.9 Å². The molecule has 0 aromatic heterocycles. The van der Waals surface area contributed by atoms with Crippen LogP contribution in [0.1, 0.15) is 18.4 Å². The van der Waals surface area contributed by atoms with E-state index in [1.165, 1.54) is 11.4 Å². The number of hydrogen-bond donors (Lipinski definition) is 0. The fourth-order valence-corrected chi connectivity index (χ4v) is 6.27. The predicted molar refractivity (Wildman–Crippen MR) is 125 cm³/mol. The lowest BCUT2D eigenvalue weighted by atomic mass is 10.1. The lowest BCUT2D eigenvalue weighted by Gasteiger charge is -2.35. The smallest absolute Gasteiger partial charge is 0.246 e. The van der Waals surface area contributed by atoms with Gasteiger partial charge >= 0.3 is 0 Å². The Balaban J connectivity index is 1.36. The van der Waals surface area contributed by atoms with E-state index < -0.39 is 10.0 Å². The van der Waals surface area contributed by atoms with Gasteiger partial charge in [0.2, 0.25) is 21.8 Å². The molecule has 3 heterocycles. The minimum absolute atomic E-state index is 0.0505. The molecule has 188 valence electrons. The van der Waals surface area contributed by atoms with Gasteiger partial charge in [-0.3, -0.25) is 14.5 Å².